The Balaban J connectivity index is 1.58. The molecule has 0 amide bonds. The molecule has 9 nitrogen and oxygen atoms in total. The molecule has 3 aromatic heterocycles. The van der Waals surface area contributed by atoms with Crippen LogP contribution in [-0.2, 0) is 0 Å². The highest BCUT2D eigenvalue weighted by Crippen LogP contribution is 2.21. The zero-order valence-electron chi connectivity index (χ0n) is 20.2. The van der Waals surface area contributed by atoms with Crippen molar-refractivity contribution >= 4 is 17.3 Å². The monoisotopic (exact) mass is 500 g/mol. The molecular formula is C29H20N6O3. The Morgan fingerprint density at radius 1 is 0.763 bits per heavy atom. The van der Waals surface area contributed by atoms with Crippen molar-refractivity contribution in [2.75, 3.05) is 0 Å². The van der Waals surface area contributed by atoms with Crippen LogP contribution in [0.5, 0.6) is 0 Å². The summed E-state index contributed by atoms with van der Waals surface area (Å²) >= 11 is 0. The summed E-state index contributed by atoms with van der Waals surface area (Å²) in [6, 6.07) is 28.9. The van der Waals surface area contributed by atoms with E-state index >= 15 is 0 Å². The number of carbonyl (C=O) groups excluding carboxylic acids is 2. The minimum absolute atomic E-state index is 0.0109. The first-order valence-electron chi connectivity index (χ1n) is 11.9. The van der Waals surface area contributed by atoms with Crippen molar-refractivity contribution in [2.45, 2.75) is 6.92 Å². The van der Waals surface area contributed by atoms with Crippen molar-refractivity contribution in [1.29, 1.82) is 0 Å². The van der Waals surface area contributed by atoms with Gasteiger partial charge in [-0.15, -0.1) is 5.10 Å². The standard InChI is InChI=1S/C29H20N6O3/c1-19(36)26-23(18-33(31-26)21-13-7-3-8-14-21)27(38)28-32-35(22-15-9-4-10-16-22)29-30-24(17-25(37)34(28)29)20-11-5-2-6-12-20/h2-18H,1H3. The number of hydrogen-bond donors (Lipinski definition) is 0. The molecule has 0 aliphatic heterocycles. The smallest absolute Gasteiger partial charge is 0.261 e. The van der Waals surface area contributed by atoms with Crippen LogP contribution in [0.3, 0.4) is 0 Å². The number of para-hydroxylation sites is 2. The predicted molar refractivity (Wildman–Crippen MR) is 141 cm³/mol. The number of aromatic nitrogens is 6. The van der Waals surface area contributed by atoms with Crippen LogP contribution in [0.2, 0.25) is 0 Å². The Labute approximate surface area is 216 Å². The maximum Gasteiger partial charge on any atom is 0.261 e. The van der Waals surface area contributed by atoms with Gasteiger partial charge in [0, 0.05) is 24.8 Å². The fraction of sp³-hybridized carbons (Fsp3) is 0.0345. The normalized spacial score (nSPS) is 11.1. The molecule has 184 valence electrons. The molecule has 0 aliphatic carbocycles. The summed E-state index contributed by atoms with van der Waals surface area (Å²) in [6.45, 7) is 1.34. The van der Waals surface area contributed by atoms with Crippen LogP contribution in [0.1, 0.15) is 33.6 Å². The lowest BCUT2D eigenvalue weighted by atomic mass is 10.1. The van der Waals surface area contributed by atoms with Crippen LogP contribution in [0.4, 0.5) is 0 Å². The molecule has 0 saturated heterocycles. The Morgan fingerprint density at radius 3 is 2.00 bits per heavy atom. The lowest BCUT2D eigenvalue weighted by Gasteiger charge is -2.04. The summed E-state index contributed by atoms with van der Waals surface area (Å²) in [5, 5.41) is 8.89. The highest BCUT2D eigenvalue weighted by Gasteiger charge is 2.28. The highest BCUT2D eigenvalue weighted by atomic mass is 16.1. The number of benzene rings is 3. The summed E-state index contributed by atoms with van der Waals surface area (Å²) in [5.74, 6) is -0.998. The minimum atomic E-state index is -0.617. The molecule has 0 N–H and O–H groups in total. The fourth-order valence-electron chi connectivity index (χ4n) is 4.28. The van der Waals surface area contributed by atoms with Gasteiger partial charge in [0.15, 0.2) is 5.78 Å². The van der Waals surface area contributed by atoms with E-state index in [0.717, 1.165) is 5.56 Å². The van der Waals surface area contributed by atoms with E-state index in [0.29, 0.717) is 17.1 Å². The van der Waals surface area contributed by atoms with E-state index in [1.165, 1.54) is 33.0 Å². The summed E-state index contributed by atoms with van der Waals surface area (Å²) in [4.78, 5) is 44.5. The molecule has 0 spiro atoms. The van der Waals surface area contributed by atoms with Gasteiger partial charge in [0.2, 0.25) is 17.4 Å². The third-order valence-electron chi connectivity index (χ3n) is 6.08. The molecule has 0 bridgehead atoms. The lowest BCUT2D eigenvalue weighted by Crippen LogP contribution is -2.20. The van der Waals surface area contributed by atoms with Crippen LogP contribution in [-0.4, -0.2) is 40.5 Å². The topological polar surface area (TPSA) is 104 Å². The molecule has 38 heavy (non-hydrogen) atoms. The quantitative estimate of drug-likeness (QED) is 0.318. The van der Waals surface area contributed by atoms with Gasteiger partial charge in [-0.05, 0) is 24.3 Å². The average molecular weight is 501 g/mol. The number of nitrogens with zero attached hydrogens (tertiary/aromatic N) is 6. The minimum Gasteiger partial charge on any atom is -0.293 e. The average Bonchev–Trinajstić information content (AvgIpc) is 3.58. The van der Waals surface area contributed by atoms with E-state index < -0.39 is 11.3 Å². The summed E-state index contributed by atoms with van der Waals surface area (Å²) < 4.78 is 4.09. The number of rotatable bonds is 6. The van der Waals surface area contributed by atoms with Gasteiger partial charge in [0.05, 0.1) is 22.6 Å². The molecular weight excluding hydrogens is 480 g/mol. The Morgan fingerprint density at radius 2 is 1.37 bits per heavy atom. The summed E-state index contributed by atoms with van der Waals surface area (Å²) in [6.07, 6.45) is 1.48. The van der Waals surface area contributed by atoms with Crippen LogP contribution in [0.25, 0.3) is 28.4 Å². The largest absolute Gasteiger partial charge is 0.293 e. The van der Waals surface area contributed by atoms with Crippen LogP contribution in [0.15, 0.2) is 108 Å². The van der Waals surface area contributed by atoms with Gasteiger partial charge < -0.3 is 0 Å². The highest BCUT2D eigenvalue weighted by molar-refractivity contribution is 6.13. The molecule has 0 saturated carbocycles. The van der Waals surface area contributed by atoms with E-state index in [9.17, 15) is 14.4 Å². The zero-order chi connectivity index (χ0) is 26.2. The number of ketones is 2. The van der Waals surface area contributed by atoms with Crippen molar-refractivity contribution in [2.24, 2.45) is 0 Å². The van der Waals surface area contributed by atoms with Crippen LogP contribution in [0, 0.1) is 0 Å². The number of fused-ring (bicyclic) bond motifs is 1. The molecule has 6 rings (SSSR count). The van der Waals surface area contributed by atoms with E-state index in [1.54, 1.807) is 12.1 Å². The van der Waals surface area contributed by atoms with Gasteiger partial charge in [0.1, 0.15) is 5.69 Å². The Bertz CT molecular complexity index is 1870. The lowest BCUT2D eigenvalue weighted by molar-refractivity contribution is 0.0983. The number of carbonyl (C=O) groups is 2. The van der Waals surface area contributed by atoms with E-state index in [-0.39, 0.29) is 28.6 Å². The summed E-state index contributed by atoms with van der Waals surface area (Å²) in [5.41, 5.74) is 2.06. The molecule has 0 radical (unpaired) electrons. The molecule has 0 fully saturated rings. The molecule has 0 aliphatic rings. The molecule has 9 heteroatoms. The second kappa shape index (κ2) is 9.21. The first-order valence-corrected chi connectivity index (χ1v) is 11.9. The van der Waals surface area contributed by atoms with Gasteiger partial charge in [-0.2, -0.15) is 9.78 Å². The Kier molecular flexibility index (Phi) is 5.57. The molecule has 3 aromatic carbocycles. The fourth-order valence-corrected chi connectivity index (χ4v) is 4.28. The molecule has 0 atom stereocenters. The number of hydrogen-bond acceptors (Lipinski definition) is 6. The van der Waals surface area contributed by atoms with Crippen molar-refractivity contribution in [3.8, 4) is 22.6 Å². The SMILES string of the molecule is CC(=O)c1nn(-c2ccccc2)cc1C(=O)c1nn(-c2ccccc2)c2nc(-c3ccccc3)cc(=O)n12. The van der Waals surface area contributed by atoms with E-state index in [4.69, 9.17) is 4.98 Å². The Hall–Kier alpha value is -5.44. The third-order valence-corrected chi connectivity index (χ3v) is 6.08. The molecule has 3 heterocycles. The van der Waals surface area contributed by atoms with Crippen LogP contribution < -0.4 is 5.56 Å². The number of Topliss-reactive ketones (excluding diaryl/α,β-unsaturated/α-hetero) is 1. The van der Waals surface area contributed by atoms with Crippen molar-refractivity contribution < 1.29 is 9.59 Å². The second-order valence-electron chi connectivity index (χ2n) is 8.61. The van der Waals surface area contributed by atoms with Gasteiger partial charge in [0.25, 0.3) is 5.56 Å². The third kappa shape index (κ3) is 3.92. The second-order valence-corrected chi connectivity index (χ2v) is 8.61. The molecule has 0 unspecified atom stereocenters. The van der Waals surface area contributed by atoms with E-state index in [1.807, 2.05) is 78.9 Å². The first-order chi connectivity index (χ1) is 18.5. The summed E-state index contributed by atoms with van der Waals surface area (Å²) in [7, 11) is 0. The van der Waals surface area contributed by atoms with Gasteiger partial charge in [-0.25, -0.2) is 14.1 Å². The van der Waals surface area contributed by atoms with Crippen molar-refractivity contribution in [1.82, 2.24) is 28.9 Å². The van der Waals surface area contributed by atoms with Crippen molar-refractivity contribution in [3.05, 3.63) is 131 Å². The maximum atomic E-state index is 13.9. The molecule has 6 aromatic rings. The predicted octanol–water partition coefficient (Wildman–Crippen LogP) is 4.17. The first kappa shape index (κ1) is 23.0. The van der Waals surface area contributed by atoms with Crippen LogP contribution >= 0.6 is 0 Å². The van der Waals surface area contributed by atoms with Gasteiger partial charge >= 0.3 is 0 Å². The van der Waals surface area contributed by atoms with E-state index in [2.05, 4.69) is 10.2 Å². The van der Waals surface area contributed by atoms with Gasteiger partial charge in [-0.3, -0.25) is 14.4 Å². The zero-order valence-corrected chi connectivity index (χ0v) is 20.2. The maximum absolute atomic E-state index is 13.9. The van der Waals surface area contributed by atoms with Crippen molar-refractivity contribution in [3.63, 3.8) is 0 Å². The van der Waals surface area contributed by atoms with Gasteiger partial charge in [-0.1, -0.05) is 66.7 Å².